The zero-order valence-corrected chi connectivity index (χ0v) is 20.4. The molecule has 0 fully saturated rings. The van der Waals surface area contributed by atoms with Gasteiger partial charge in [-0.3, -0.25) is 4.79 Å². The predicted octanol–water partition coefficient (Wildman–Crippen LogP) is 6.27. The molecule has 0 amide bonds. The molecule has 0 saturated carbocycles. The van der Waals surface area contributed by atoms with Crippen molar-refractivity contribution in [1.29, 1.82) is 0 Å². The van der Waals surface area contributed by atoms with E-state index in [0.29, 0.717) is 22.9 Å². The molecule has 0 bridgehead atoms. The third-order valence-corrected chi connectivity index (χ3v) is 7.12. The van der Waals surface area contributed by atoms with Crippen molar-refractivity contribution in [2.24, 2.45) is 0 Å². The molecule has 5 nitrogen and oxygen atoms in total. The van der Waals surface area contributed by atoms with E-state index in [9.17, 15) is 4.79 Å². The summed E-state index contributed by atoms with van der Waals surface area (Å²) in [5, 5.41) is 5.18. The largest absolute Gasteiger partial charge is 0.493 e. The Morgan fingerprint density at radius 2 is 1.89 bits per heavy atom. The highest BCUT2D eigenvalue weighted by atomic mass is 35.5. The number of ether oxygens (including phenoxy) is 1. The van der Waals surface area contributed by atoms with Gasteiger partial charge in [0.15, 0.2) is 5.78 Å². The molecule has 1 atom stereocenters. The summed E-state index contributed by atoms with van der Waals surface area (Å²) in [4.78, 5) is 16.3. The number of aryl methyl sites for hydroxylation is 2. The molecule has 1 unspecified atom stereocenters. The van der Waals surface area contributed by atoms with E-state index in [-0.39, 0.29) is 18.4 Å². The summed E-state index contributed by atoms with van der Waals surface area (Å²) in [5.41, 5.74) is 11.9. The normalized spacial score (nSPS) is 14.0. The minimum atomic E-state index is -0.0311. The first kappa shape index (κ1) is 23.5. The van der Waals surface area contributed by atoms with Crippen LogP contribution in [0.2, 0.25) is 5.02 Å². The van der Waals surface area contributed by atoms with Gasteiger partial charge in [-0.2, -0.15) is 0 Å². The average molecular weight is 488 g/mol. The Labute approximate surface area is 210 Å². The molecule has 0 saturated heterocycles. The van der Waals surface area contributed by atoms with E-state index in [4.69, 9.17) is 22.1 Å². The number of nitrogen functional groups attached to an aromatic ring is 1. The van der Waals surface area contributed by atoms with Crippen LogP contribution >= 0.6 is 11.6 Å². The molecule has 6 heteroatoms. The standard InChI is InChI=1S/C29H30ClN3O2/c30-24-13-10-20(16-25(24)31)29(34)18-32-26(19-6-2-1-3-7-19)14-15-35-21-11-12-23-22-8-4-5-9-27(22)33-28(23)17-21/h1-3,6-7,10-13,16-17,26,32-33H,4-5,8-9,14-15,18,31H2. The summed E-state index contributed by atoms with van der Waals surface area (Å²) in [7, 11) is 0. The van der Waals surface area contributed by atoms with Crippen LogP contribution in [0.4, 0.5) is 5.69 Å². The zero-order chi connectivity index (χ0) is 24.2. The lowest BCUT2D eigenvalue weighted by Gasteiger charge is -2.19. The number of benzene rings is 3. The second-order valence-corrected chi connectivity index (χ2v) is 9.54. The topological polar surface area (TPSA) is 80.1 Å². The van der Waals surface area contributed by atoms with Crippen molar-refractivity contribution in [3.63, 3.8) is 0 Å². The summed E-state index contributed by atoms with van der Waals surface area (Å²) >= 11 is 5.99. The lowest BCUT2D eigenvalue weighted by molar-refractivity contribution is 0.0985. The summed E-state index contributed by atoms with van der Waals surface area (Å²) in [5.74, 6) is 0.826. The first-order valence-electron chi connectivity index (χ1n) is 12.2. The van der Waals surface area contributed by atoms with Crippen LogP contribution in [0.5, 0.6) is 5.75 Å². The number of rotatable bonds is 9. The van der Waals surface area contributed by atoms with Gasteiger partial charge in [-0.15, -0.1) is 0 Å². The number of H-pyrrole nitrogens is 1. The van der Waals surface area contributed by atoms with Crippen molar-refractivity contribution >= 4 is 34.0 Å². The molecule has 35 heavy (non-hydrogen) atoms. The van der Waals surface area contributed by atoms with Crippen LogP contribution < -0.4 is 15.8 Å². The Bertz CT molecular complexity index is 1330. The average Bonchev–Trinajstić information content (AvgIpc) is 3.26. The summed E-state index contributed by atoms with van der Waals surface area (Å²) < 4.78 is 6.14. The van der Waals surface area contributed by atoms with Crippen LogP contribution in [-0.4, -0.2) is 23.9 Å². The van der Waals surface area contributed by atoms with E-state index in [0.717, 1.165) is 36.1 Å². The number of nitrogens with one attached hydrogen (secondary N) is 2. The van der Waals surface area contributed by atoms with Crippen molar-refractivity contribution < 1.29 is 9.53 Å². The monoisotopic (exact) mass is 487 g/mol. The highest BCUT2D eigenvalue weighted by Gasteiger charge is 2.17. The number of carbonyl (C=O) groups is 1. The van der Waals surface area contributed by atoms with Crippen LogP contribution in [0.15, 0.2) is 66.7 Å². The maximum absolute atomic E-state index is 12.8. The number of anilines is 1. The quantitative estimate of drug-likeness (QED) is 0.192. The van der Waals surface area contributed by atoms with Gasteiger partial charge in [0, 0.05) is 40.7 Å². The van der Waals surface area contributed by atoms with Crippen LogP contribution in [-0.2, 0) is 12.8 Å². The molecule has 1 heterocycles. The Hall–Kier alpha value is -3.28. The van der Waals surface area contributed by atoms with Gasteiger partial charge in [-0.25, -0.2) is 0 Å². The van der Waals surface area contributed by atoms with Crippen LogP contribution in [0.1, 0.15) is 52.5 Å². The molecule has 5 rings (SSSR count). The fourth-order valence-electron chi connectivity index (χ4n) is 4.88. The fourth-order valence-corrected chi connectivity index (χ4v) is 5.00. The Balaban J connectivity index is 1.23. The Kier molecular flexibility index (Phi) is 7.07. The van der Waals surface area contributed by atoms with Gasteiger partial charge >= 0.3 is 0 Å². The number of aromatic amines is 1. The van der Waals surface area contributed by atoms with Gasteiger partial charge < -0.3 is 20.8 Å². The lowest BCUT2D eigenvalue weighted by Crippen LogP contribution is -2.29. The minimum absolute atomic E-state index is 0.0219. The number of aromatic nitrogens is 1. The lowest BCUT2D eigenvalue weighted by atomic mass is 9.96. The first-order valence-corrected chi connectivity index (χ1v) is 12.6. The molecular formula is C29H30ClN3O2. The smallest absolute Gasteiger partial charge is 0.176 e. The number of hydrogen-bond acceptors (Lipinski definition) is 4. The van der Waals surface area contributed by atoms with E-state index in [2.05, 4.69) is 40.6 Å². The molecule has 1 aromatic heterocycles. The van der Waals surface area contributed by atoms with Gasteiger partial charge in [0.1, 0.15) is 5.75 Å². The number of Topliss-reactive ketones (excluding diaryl/α,β-unsaturated/α-hetero) is 1. The van der Waals surface area contributed by atoms with E-state index in [1.807, 2.05) is 18.2 Å². The summed E-state index contributed by atoms with van der Waals surface area (Å²) in [6.45, 7) is 0.723. The second-order valence-electron chi connectivity index (χ2n) is 9.14. The Morgan fingerprint density at radius 3 is 2.71 bits per heavy atom. The molecule has 180 valence electrons. The van der Waals surface area contributed by atoms with Crippen LogP contribution in [0.25, 0.3) is 10.9 Å². The van der Waals surface area contributed by atoms with Gasteiger partial charge in [-0.1, -0.05) is 41.9 Å². The number of halogens is 1. The van der Waals surface area contributed by atoms with Crippen molar-refractivity contribution in [3.8, 4) is 5.75 Å². The number of ketones is 1. The van der Waals surface area contributed by atoms with E-state index in [1.165, 1.54) is 29.5 Å². The van der Waals surface area contributed by atoms with Crippen LogP contribution in [0.3, 0.4) is 0 Å². The van der Waals surface area contributed by atoms with Crippen LogP contribution in [0, 0.1) is 0 Å². The molecule has 0 spiro atoms. The molecule has 3 aromatic carbocycles. The third-order valence-electron chi connectivity index (χ3n) is 6.77. The van der Waals surface area contributed by atoms with E-state index in [1.54, 1.807) is 18.2 Å². The van der Waals surface area contributed by atoms with Gasteiger partial charge in [0.05, 0.1) is 23.9 Å². The molecule has 1 aliphatic carbocycles. The maximum atomic E-state index is 12.8. The summed E-state index contributed by atoms with van der Waals surface area (Å²) in [6, 6.07) is 21.4. The maximum Gasteiger partial charge on any atom is 0.176 e. The predicted molar refractivity (Wildman–Crippen MR) is 142 cm³/mol. The number of carbonyl (C=O) groups excluding carboxylic acids is 1. The van der Waals surface area contributed by atoms with Gasteiger partial charge in [-0.05, 0) is 67.1 Å². The van der Waals surface area contributed by atoms with Crippen molar-refractivity contribution in [3.05, 3.63) is 94.1 Å². The molecule has 0 aliphatic heterocycles. The fraction of sp³-hybridized carbons (Fsp3) is 0.276. The minimum Gasteiger partial charge on any atom is -0.493 e. The summed E-state index contributed by atoms with van der Waals surface area (Å²) in [6.07, 6.45) is 5.53. The molecule has 0 radical (unpaired) electrons. The van der Waals surface area contributed by atoms with E-state index >= 15 is 0 Å². The Morgan fingerprint density at radius 1 is 1.06 bits per heavy atom. The molecular weight excluding hydrogens is 458 g/mol. The zero-order valence-electron chi connectivity index (χ0n) is 19.6. The molecule has 1 aliphatic rings. The first-order chi connectivity index (χ1) is 17.1. The van der Waals surface area contributed by atoms with Gasteiger partial charge in [0.25, 0.3) is 0 Å². The number of nitrogens with two attached hydrogens (primary N) is 1. The highest BCUT2D eigenvalue weighted by Crippen LogP contribution is 2.31. The van der Waals surface area contributed by atoms with Crippen molar-refractivity contribution in [2.75, 3.05) is 18.9 Å². The highest BCUT2D eigenvalue weighted by molar-refractivity contribution is 6.33. The number of hydrogen-bond donors (Lipinski definition) is 3. The molecule has 4 aromatic rings. The van der Waals surface area contributed by atoms with E-state index < -0.39 is 0 Å². The van der Waals surface area contributed by atoms with Crippen molar-refractivity contribution in [2.45, 2.75) is 38.1 Å². The number of fused-ring (bicyclic) bond motifs is 3. The molecule has 4 N–H and O–H groups in total. The SMILES string of the molecule is Nc1cc(C(=O)CNC(CCOc2ccc3c4c([nH]c3c2)CCCC4)c2ccccc2)ccc1Cl. The second kappa shape index (κ2) is 10.5. The van der Waals surface area contributed by atoms with Crippen molar-refractivity contribution in [1.82, 2.24) is 10.3 Å². The third kappa shape index (κ3) is 5.37. The van der Waals surface area contributed by atoms with Gasteiger partial charge in [0.2, 0.25) is 0 Å².